The van der Waals surface area contributed by atoms with Crippen molar-refractivity contribution in [2.45, 2.75) is 12.3 Å². The van der Waals surface area contributed by atoms with Crippen LogP contribution in [0.15, 0.2) is 30.3 Å². The summed E-state index contributed by atoms with van der Waals surface area (Å²) in [5.74, 6) is 1.54. The molecule has 0 bridgehead atoms. The van der Waals surface area contributed by atoms with Crippen LogP contribution in [0.25, 0.3) is 0 Å². The number of hydrogen-bond acceptors (Lipinski definition) is 1. The molecule has 1 aliphatic carbocycles. The third kappa shape index (κ3) is 1.51. The van der Waals surface area contributed by atoms with Crippen LogP contribution in [0.4, 0.5) is 0 Å². The Hall–Kier alpha value is -0.820. The highest BCUT2D eigenvalue weighted by atomic mass is 16.5. The summed E-state index contributed by atoms with van der Waals surface area (Å²) in [5, 5.41) is 0. The summed E-state index contributed by atoms with van der Waals surface area (Å²) in [7, 11) is 1.78. The van der Waals surface area contributed by atoms with E-state index in [1.807, 2.05) is 0 Å². The van der Waals surface area contributed by atoms with Crippen molar-refractivity contribution in [1.82, 2.24) is 0 Å². The van der Waals surface area contributed by atoms with Gasteiger partial charge in [0.25, 0.3) is 0 Å². The van der Waals surface area contributed by atoms with Gasteiger partial charge in [-0.3, -0.25) is 0 Å². The zero-order chi connectivity index (χ0) is 8.39. The Morgan fingerprint density at radius 1 is 1.33 bits per heavy atom. The number of rotatable bonds is 3. The first-order valence-electron chi connectivity index (χ1n) is 4.45. The Balaban J connectivity index is 1.97. The SMILES string of the molecule is COC[C@H]1CC1c1ccccc1. The number of ether oxygens (including phenoxy) is 1. The highest BCUT2D eigenvalue weighted by Crippen LogP contribution is 2.47. The average molecular weight is 162 g/mol. The van der Waals surface area contributed by atoms with E-state index in [9.17, 15) is 0 Å². The second-order valence-corrected chi connectivity index (χ2v) is 3.47. The van der Waals surface area contributed by atoms with Crippen molar-refractivity contribution < 1.29 is 4.74 Å². The van der Waals surface area contributed by atoms with E-state index >= 15 is 0 Å². The highest BCUT2D eigenvalue weighted by molar-refractivity contribution is 5.25. The molecular weight excluding hydrogens is 148 g/mol. The lowest BCUT2D eigenvalue weighted by Gasteiger charge is -1.98. The van der Waals surface area contributed by atoms with Crippen molar-refractivity contribution >= 4 is 0 Å². The van der Waals surface area contributed by atoms with Gasteiger partial charge in [0, 0.05) is 13.7 Å². The molecule has 2 atom stereocenters. The topological polar surface area (TPSA) is 9.23 Å². The molecule has 0 aliphatic heterocycles. The van der Waals surface area contributed by atoms with Gasteiger partial charge in [0.15, 0.2) is 0 Å². The van der Waals surface area contributed by atoms with Gasteiger partial charge in [-0.1, -0.05) is 30.3 Å². The van der Waals surface area contributed by atoms with Crippen LogP contribution in [0.2, 0.25) is 0 Å². The minimum Gasteiger partial charge on any atom is -0.384 e. The van der Waals surface area contributed by atoms with E-state index < -0.39 is 0 Å². The van der Waals surface area contributed by atoms with E-state index in [2.05, 4.69) is 30.3 Å². The number of hydrogen-bond donors (Lipinski definition) is 0. The minimum atomic E-state index is 0.770. The summed E-state index contributed by atoms with van der Waals surface area (Å²) >= 11 is 0. The highest BCUT2D eigenvalue weighted by Gasteiger charge is 2.37. The van der Waals surface area contributed by atoms with Crippen molar-refractivity contribution in [2.75, 3.05) is 13.7 Å². The lowest BCUT2D eigenvalue weighted by atomic mass is 10.1. The molecule has 1 aliphatic rings. The molecule has 0 spiro atoms. The fourth-order valence-electron chi connectivity index (χ4n) is 1.75. The monoisotopic (exact) mass is 162 g/mol. The van der Waals surface area contributed by atoms with Crippen LogP contribution in [0.5, 0.6) is 0 Å². The molecule has 64 valence electrons. The van der Waals surface area contributed by atoms with E-state index in [4.69, 9.17) is 4.74 Å². The first-order valence-corrected chi connectivity index (χ1v) is 4.45. The van der Waals surface area contributed by atoms with E-state index in [0.29, 0.717) is 0 Å². The van der Waals surface area contributed by atoms with Gasteiger partial charge in [0.2, 0.25) is 0 Å². The Bertz CT molecular complexity index is 242. The Kier molecular flexibility index (Phi) is 2.13. The van der Waals surface area contributed by atoms with Gasteiger partial charge < -0.3 is 4.74 Å². The summed E-state index contributed by atoms with van der Waals surface area (Å²) in [5.41, 5.74) is 1.47. The molecule has 1 saturated carbocycles. The maximum absolute atomic E-state index is 5.12. The lowest BCUT2D eigenvalue weighted by molar-refractivity contribution is 0.184. The summed E-state index contributed by atoms with van der Waals surface area (Å²) in [6, 6.07) is 10.7. The number of benzene rings is 1. The summed E-state index contributed by atoms with van der Waals surface area (Å²) in [4.78, 5) is 0. The second-order valence-electron chi connectivity index (χ2n) is 3.47. The molecule has 0 amide bonds. The molecule has 12 heavy (non-hydrogen) atoms. The Morgan fingerprint density at radius 2 is 2.08 bits per heavy atom. The molecule has 1 aromatic rings. The molecule has 1 heteroatoms. The van der Waals surface area contributed by atoms with E-state index in [-0.39, 0.29) is 0 Å². The molecule has 1 unspecified atom stereocenters. The van der Waals surface area contributed by atoms with Gasteiger partial charge in [-0.2, -0.15) is 0 Å². The summed E-state index contributed by atoms with van der Waals surface area (Å²) in [6.07, 6.45) is 1.30. The Labute approximate surface area is 73.4 Å². The molecule has 1 nitrogen and oxygen atoms in total. The molecule has 0 saturated heterocycles. The normalized spacial score (nSPS) is 27.1. The minimum absolute atomic E-state index is 0.770. The quantitative estimate of drug-likeness (QED) is 0.663. The van der Waals surface area contributed by atoms with Crippen LogP contribution in [0.1, 0.15) is 17.9 Å². The van der Waals surface area contributed by atoms with Crippen molar-refractivity contribution in [3.8, 4) is 0 Å². The largest absolute Gasteiger partial charge is 0.384 e. The molecule has 0 heterocycles. The van der Waals surface area contributed by atoms with Crippen LogP contribution in [-0.2, 0) is 4.74 Å². The van der Waals surface area contributed by atoms with E-state index in [1.54, 1.807) is 7.11 Å². The van der Waals surface area contributed by atoms with Crippen LogP contribution in [-0.4, -0.2) is 13.7 Å². The fourth-order valence-corrected chi connectivity index (χ4v) is 1.75. The molecule has 0 N–H and O–H groups in total. The maximum Gasteiger partial charge on any atom is 0.0496 e. The van der Waals surface area contributed by atoms with Gasteiger partial charge >= 0.3 is 0 Å². The van der Waals surface area contributed by atoms with Crippen molar-refractivity contribution in [3.05, 3.63) is 35.9 Å². The summed E-state index contributed by atoms with van der Waals surface area (Å²) < 4.78 is 5.12. The predicted molar refractivity (Wildman–Crippen MR) is 49.2 cm³/mol. The second kappa shape index (κ2) is 3.28. The van der Waals surface area contributed by atoms with Crippen LogP contribution in [0, 0.1) is 5.92 Å². The molecule has 0 radical (unpaired) electrons. The van der Waals surface area contributed by atoms with Crippen molar-refractivity contribution in [2.24, 2.45) is 5.92 Å². The van der Waals surface area contributed by atoms with Crippen LogP contribution in [0.3, 0.4) is 0 Å². The molecular formula is C11H14O. The predicted octanol–water partition coefficient (Wildman–Crippen LogP) is 2.44. The van der Waals surface area contributed by atoms with Gasteiger partial charge in [0.1, 0.15) is 0 Å². The molecule has 1 fully saturated rings. The summed E-state index contributed by atoms with van der Waals surface area (Å²) in [6.45, 7) is 0.916. The standard InChI is InChI=1S/C11H14O/c1-12-8-10-7-11(10)9-5-3-2-4-6-9/h2-6,10-11H,7-8H2,1H3/t10-,11?/m1/s1. The fraction of sp³-hybridized carbons (Fsp3) is 0.455. The van der Waals surface area contributed by atoms with Crippen LogP contribution >= 0.6 is 0 Å². The van der Waals surface area contributed by atoms with Gasteiger partial charge in [-0.15, -0.1) is 0 Å². The maximum atomic E-state index is 5.12. The molecule has 2 rings (SSSR count). The third-order valence-corrected chi connectivity index (χ3v) is 2.53. The van der Waals surface area contributed by atoms with Crippen LogP contribution < -0.4 is 0 Å². The van der Waals surface area contributed by atoms with Crippen molar-refractivity contribution in [1.29, 1.82) is 0 Å². The first kappa shape index (κ1) is 7.81. The first-order chi connectivity index (χ1) is 5.92. The van der Waals surface area contributed by atoms with E-state index in [0.717, 1.165) is 18.4 Å². The smallest absolute Gasteiger partial charge is 0.0496 e. The van der Waals surface area contributed by atoms with Gasteiger partial charge in [0.05, 0.1) is 0 Å². The van der Waals surface area contributed by atoms with E-state index in [1.165, 1.54) is 12.0 Å². The third-order valence-electron chi connectivity index (χ3n) is 2.53. The zero-order valence-electron chi connectivity index (χ0n) is 7.36. The Morgan fingerprint density at radius 3 is 2.75 bits per heavy atom. The van der Waals surface area contributed by atoms with Crippen molar-refractivity contribution in [3.63, 3.8) is 0 Å². The number of methoxy groups -OCH3 is 1. The van der Waals surface area contributed by atoms with Gasteiger partial charge in [-0.25, -0.2) is 0 Å². The average Bonchev–Trinajstić information content (AvgIpc) is 2.87. The molecule has 1 aromatic carbocycles. The molecule has 0 aromatic heterocycles. The zero-order valence-corrected chi connectivity index (χ0v) is 7.36. The van der Waals surface area contributed by atoms with Gasteiger partial charge in [-0.05, 0) is 23.8 Å². The lowest BCUT2D eigenvalue weighted by Crippen LogP contribution is -1.92.